The van der Waals surface area contributed by atoms with Crippen LogP contribution in [0.4, 0.5) is 11.9 Å². The Hall–Kier alpha value is -6.12. The first-order valence-corrected chi connectivity index (χ1v) is 15.5. The Balaban J connectivity index is 0.000000493. The van der Waals surface area contributed by atoms with E-state index in [0.717, 1.165) is 11.1 Å². The van der Waals surface area contributed by atoms with Gasteiger partial charge in [-0.05, 0) is 42.3 Å². The second-order valence-corrected chi connectivity index (χ2v) is 10.8. The molecule has 0 spiro atoms. The third-order valence-corrected chi connectivity index (χ3v) is 6.89. The highest BCUT2D eigenvalue weighted by atomic mass is 16.5. The molecule has 0 aliphatic rings. The van der Waals surface area contributed by atoms with Gasteiger partial charge in [-0.15, -0.1) is 10.2 Å². The van der Waals surface area contributed by atoms with Crippen molar-refractivity contribution in [1.82, 2.24) is 40.3 Å². The highest BCUT2D eigenvalue weighted by Gasteiger charge is 2.17. The highest BCUT2D eigenvalue weighted by Crippen LogP contribution is 2.14. The van der Waals surface area contributed by atoms with Gasteiger partial charge in [-0.25, -0.2) is 0 Å². The van der Waals surface area contributed by atoms with E-state index in [2.05, 4.69) is 51.0 Å². The van der Waals surface area contributed by atoms with Gasteiger partial charge < -0.3 is 9.47 Å². The lowest BCUT2D eigenvalue weighted by Crippen LogP contribution is -2.28. The average molecular weight is 669 g/mol. The van der Waals surface area contributed by atoms with Crippen molar-refractivity contribution in [3.8, 4) is 23.0 Å². The standard InChI is InChI=1S/C18H19N5O2.C17H17N5O2.4H2/c1-13(11-25-12-14-7-3-2-4-8-14)17(24)21-18-20-16(22-23-18)15-9-5-6-10-19-15;1-12(24-11-13-7-3-2-4-8-13)16(23)20-17-19-15(21-22-17)14-9-5-6-10-18-14;;;;/h2-10,13H,11-12H2,1H3,(H2,20,21,22,23,24);2-10,12H,11H2,1H3,(H2,19,20,21,22,23);4*1H. The first-order chi connectivity index (χ1) is 23.9. The smallest absolute Gasteiger partial charge is 0.255 e. The molecule has 6 rings (SSSR count). The van der Waals surface area contributed by atoms with Crippen molar-refractivity contribution in [2.75, 3.05) is 17.2 Å². The zero-order valence-electron chi connectivity index (χ0n) is 27.0. The van der Waals surface area contributed by atoms with Gasteiger partial charge in [-0.2, -0.15) is 9.97 Å². The molecule has 14 nitrogen and oxygen atoms in total. The van der Waals surface area contributed by atoms with Crippen molar-refractivity contribution < 1.29 is 24.8 Å². The third kappa shape index (κ3) is 10.7. The normalized spacial score (nSPS) is 11.9. The van der Waals surface area contributed by atoms with Gasteiger partial charge in [0.1, 0.15) is 17.5 Å². The van der Waals surface area contributed by atoms with Crippen LogP contribution in [0.25, 0.3) is 23.0 Å². The molecular weight excluding hydrogens is 624 g/mol. The molecule has 0 bridgehead atoms. The number of rotatable bonds is 13. The van der Waals surface area contributed by atoms with Crippen molar-refractivity contribution in [3.05, 3.63) is 121 Å². The summed E-state index contributed by atoms with van der Waals surface area (Å²) in [6.07, 6.45) is 2.71. The third-order valence-electron chi connectivity index (χ3n) is 6.89. The highest BCUT2D eigenvalue weighted by molar-refractivity contribution is 5.92. The molecule has 49 heavy (non-hydrogen) atoms. The molecule has 2 atom stereocenters. The number of hydrogen-bond donors (Lipinski definition) is 4. The van der Waals surface area contributed by atoms with E-state index in [-0.39, 0.29) is 35.3 Å². The minimum atomic E-state index is -0.623. The minimum absolute atomic E-state index is 0. The van der Waals surface area contributed by atoms with Gasteiger partial charge in [0, 0.05) is 18.1 Å². The second-order valence-electron chi connectivity index (χ2n) is 10.8. The van der Waals surface area contributed by atoms with E-state index in [9.17, 15) is 9.59 Å². The molecule has 2 unspecified atom stereocenters. The number of carbonyl (C=O) groups is 2. The quantitative estimate of drug-likeness (QED) is 0.113. The number of H-pyrrole nitrogens is 2. The number of aromatic nitrogens is 8. The summed E-state index contributed by atoms with van der Waals surface area (Å²) in [6.45, 7) is 4.64. The topological polar surface area (TPSA) is 186 Å². The molecule has 4 heterocycles. The van der Waals surface area contributed by atoms with Crippen LogP contribution in [0.2, 0.25) is 0 Å². The van der Waals surface area contributed by atoms with Crippen LogP contribution in [0.3, 0.4) is 0 Å². The molecule has 0 aliphatic heterocycles. The van der Waals surface area contributed by atoms with Crippen molar-refractivity contribution in [3.63, 3.8) is 0 Å². The van der Waals surface area contributed by atoms with E-state index in [1.807, 2.05) is 91.0 Å². The van der Waals surface area contributed by atoms with Crippen LogP contribution in [-0.2, 0) is 32.3 Å². The van der Waals surface area contributed by atoms with Crippen molar-refractivity contribution in [2.24, 2.45) is 5.92 Å². The maximum absolute atomic E-state index is 12.2. The summed E-state index contributed by atoms with van der Waals surface area (Å²) in [6, 6.07) is 30.5. The number of aromatic amines is 2. The van der Waals surface area contributed by atoms with E-state index in [1.54, 1.807) is 32.3 Å². The lowest BCUT2D eigenvalue weighted by molar-refractivity contribution is -0.127. The molecule has 0 radical (unpaired) electrons. The Kier molecular flexibility index (Phi) is 12.4. The molecule has 0 saturated heterocycles. The first-order valence-electron chi connectivity index (χ1n) is 15.5. The van der Waals surface area contributed by atoms with Crippen molar-refractivity contribution in [2.45, 2.75) is 33.2 Å². The maximum Gasteiger partial charge on any atom is 0.255 e. The number of nitrogens with zero attached hydrogens (tertiary/aromatic N) is 6. The Morgan fingerprint density at radius 3 is 1.67 bits per heavy atom. The van der Waals surface area contributed by atoms with Crippen LogP contribution in [0.15, 0.2) is 109 Å². The fourth-order valence-electron chi connectivity index (χ4n) is 4.19. The van der Waals surface area contributed by atoms with Gasteiger partial charge in [0.2, 0.25) is 17.8 Å². The molecule has 14 heteroatoms. The zero-order valence-corrected chi connectivity index (χ0v) is 27.0. The molecule has 4 aromatic heterocycles. The summed E-state index contributed by atoms with van der Waals surface area (Å²) in [5.74, 6) is 0.585. The summed E-state index contributed by atoms with van der Waals surface area (Å²) in [4.78, 5) is 41.1. The lowest BCUT2D eigenvalue weighted by Gasteiger charge is -2.11. The van der Waals surface area contributed by atoms with Gasteiger partial charge in [-0.3, -0.25) is 40.4 Å². The van der Waals surface area contributed by atoms with Gasteiger partial charge in [0.05, 0.1) is 25.7 Å². The minimum Gasteiger partial charge on any atom is -0.376 e. The molecule has 2 aromatic carbocycles. The number of nitrogens with one attached hydrogen (secondary N) is 4. The van der Waals surface area contributed by atoms with E-state index in [0.29, 0.717) is 42.9 Å². The fraction of sp³-hybridized carbons (Fsp3) is 0.200. The first kappa shape index (κ1) is 34.2. The Morgan fingerprint density at radius 2 is 1.16 bits per heavy atom. The van der Waals surface area contributed by atoms with E-state index < -0.39 is 6.10 Å². The molecule has 0 aliphatic carbocycles. The Bertz CT molecular complexity index is 1890. The number of anilines is 2. The van der Waals surface area contributed by atoms with Crippen LogP contribution in [0, 0.1) is 5.92 Å². The average Bonchev–Trinajstić information content (AvgIpc) is 3.82. The summed E-state index contributed by atoms with van der Waals surface area (Å²) in [5, 5.41) is 18.8. The predicted octanol–water partition coefficient (Wildman–Crippen LogP) is 6.05. The van der Waals surface area contributed by atoms with Crippen LogP contribution in [0.5, 0.6) is 0 Å². The molecule has 2 amide bonds. The summed E-state index contributed by atoms with van der Waals surface area (Å²) in [7, 11) is 0. The van der Waals surface area contributed by atoms with Gasteiger partial charge in [0.15, 0.2) is 11.6 Å². The molecular formula is C35H44N10O4. The maximum atomic E-state index is 12.2. The summed E-state index contributed by atoms with van der Waals surface area (Å²) in [5.41, 5.74) is 3.39. The van der Waals surface area contributed by atoms with Crippen LogP contribution in [-0.4, -0.2) is 64.9 Å². The number of hydrogen-bond acceptors (Lipinski definition) is 10. The van der Waals surface area contributed by atoms with Gasteiger partial charge in [0.25, 0.3) is 5.91 Å². The fourth-order valence-corrected chi connectivity index (χ4v) is 4.19. The number of benzene rings is 2. The van der Waals surface area contributed by atoms with E-state index >= 15 is 0 Å². The number of pyridine rings is 2. The largest absolute Gasteiger partial charge is 0.376 e. The number of amides is 2. The molecule has 258 valence electrons. The van der Waals surface area contributed by atoms with Crippen LogP contribution >= 0.6 is 0 Å². The SMILES string of the molecule is CC(COCc1ccccc1)C(=O)Nc1n[nH]c(-c2ccccn2)n1.CC(OCc1ccccc1)C(=O)Nc1n[nH]c(-c2ccccn2)n1.[HH].[HH].[HH].[HH]. The van der Waals surface area contributed by atoms with E-state index in [1.165, 1.54) is 0 Å². The molecule has 6 aromatic rings. The zero-order chi connectivity index (χ0) is 34.3. The number of ether oxygens (including phenoxy) is 2. The van der Waals surface area contributed by atoms with Crippen LogP contribution in [0.1, 0.15) is 30.7 Å². The Morgan fingerprint density at radius 1 is 0.673 bits per heavy atom. The van der Waals surface area contributed by atoms with Gasteiger partial charge in [-0.1, -0.05) is 79.7 Å². The lowest BCUT2D eigenvalue weighted by atomic mass is 10.2. The molecule has 0 saturated carbocycles. The Labute approximate surface area is 288 Å². The molecule has 0 fully saturated rings. The van der Waals surface area contributed by atoms with Crippen molar-refractivity contribution in [1.29, 1.82) is 0 Å². The number of carbonyl (C=O) groups excluding carboxylic acids is 2. The van der Waals surface area contributed by atoms with Crippen molar-refractivity contribution >= 4 is 23.7 Å². The predicted molar refractivity (Wildman–Crippen MR) is 191 cm³/mol. The van der Waals surface area contributed by atoms with Crippen LogP contribution < -0.4 is 10.6 Å². The second kappa shape index (κ2) is 17.7. The molecule has 4 N–H and O–H groups in total. The summed E-state index contributed by atoms with van der Waals surface area (Å²) < 4.78 is 11.2. The monoisotopic (exact) mass is 668 g/mol. The van der Waals surface area contributed by atoms with Gasteiger partial charge >= 0.3 is 0 Å². The summed E-state index contributed by atoms with van der Waals surface area (Å²) >= 11 is 0. The van der Waals surface area contributed by atoms with E-state index in [4.69, 9.17) is 9.47 Å².